The first kappa shape index (κ1) is 13.4. The van der Waals surface area contributed by atoms with Crippen molar-refractivity contribution in [3.05, 3.63) is 46.7 Å². The summed E-state index contributed by atoms with van der Waals surface area (Å²) in [6.45, 7) is 4.61. The van der Waals surface area contributed by atoms with E-state index in [4.69, 9.17) is 4.74 Å². The van der Waals surface area contributed by atoms with Crippen molar-refractivity contribution in [1.82, 2.24) is 0 Å². The van der Waals surface area contributed by atoms with Gasteiger partial charge >= 0.3 is 0 Å². The van der Waals surface area contributed by atoms with E-state index in [1.807, 2.05) is 32.0 Å². The third kappa shape index (κ3) is 2.27. The lowest BCUT2D eigenvalue weighted by molar-refractivity contribution is -0.120. The number of fused-ring (bicyclic) bond motifs is 1. The number of aliphatic hydroxyl groups is 1. The summed E-state index contributed by atoms with van der Waals surface area (Å²) in [5, 5.41) is 10.3. The van der Waals surface area contributed by atoms with Crippen LogP contribution in [0.25, 0.3) is 0 Å². The summed E-state index contributed by atoms with van der Waals surface area (Å²) in [5.41, 5.74) is 2.53. The zero-order valence-electron chi connectivity index (χ0n) is 12.0. The van der Waals surface area contributed by atoms with Gasteiger partial charge in [-0.25, -0.2) is 0 Å². The SMILES string of the molecule is CC1(C)CC(=O)C(C2OCCc3ccccc32)=C(O)C1. The Morgan fingerprint density at radius 2 is 2.00 bits per heavy atom. The molecule has 3 nitrogen and oxygen atoms in total. The maximum atomic E-state index is 12.4. The van der Waals surface area contributed by atoms with Gasteiger partial charge < -0.3 is 9.84 Å². The number of ketones is 1. The van der Waals surface area contributed by atoms with Crippen LogP contribution in [0.1, 0.15) is 43.9 Å². The van der Waals surface area contributed by atoms with E-state index < -0.39 is 6.10 Å². The molecule has 1 N–H and O–H groups in total. The third-order valence-corrected chi connectivity index (χ3v) is 4.15. The zero-order chi connectivity index (χ0) is 14.3. The predicted molar refractivity (Wildman–Crippen MR) is 76.5 cm³/mol. The Labute approximate surface area is 119 Å². The maximum absolute atomic E-state index is 12.4. The first-order valence-electron chi connectivity index (χ1n) is 7.12. The number of Topliss-reactive ketones (excluding diaryl/α,β-unsaturated/α-hetero) is 1. The number of hydrogen-bond acceptors (Lipinski definition) is 3. The molecule has 1 aromatic rings. The van der Waals surface area contributed by atoms with Crippen molar-refractivity contribution in [2.45, 2.75) is 39.2 Å². The van der Waals surface area contributed by atoms with E-state index in [0.717, 1.165) is 12.0 Å². The predicted octanol–water partition coefficient (Wildman–Crippen LogP) is 3.50. The van der Waals surface area contributed by atoms with Gasteiger partial charge in [-0.2, -0.15) is 0 Å². The maximum Gasteiger partial charge on any atom is 0.165 e. The van der Waals surface area contributed by atoms with Crippen LogP contribution in [0.15, 0.2) is 35.6 Å². The molecule has 0 amide bonds. The summed E-state index contributed by atoms with van der Waals surface area (Å²) >= 11 is 0. The number of rotatable bonds is 1. The summed E-state index contributed by atoms with van der Waals surface area (Å²) in [6, 6.07) is 8.02. The molecule has 2 aliphatic rings. The Balaban J connectivity index is 2.04. The Morgan fingerprint density at radius 1 is 1.25 bits per heavy atom. The Bertz CT molecular complexity index is 584. The van der Waals surface area contributed by atoms with Gasteiger partial charge in [0.05, 0.1) is 12.2 Å². The molecule has 0 radical (unpaired) electrons. The van der Waals surface area contributed by atoms with E-state index in [9.17, 15) is 9.90 Å². The molecule has 0 bridgehead atoms. The Hall–Kier alpha value is -1.61. The van der Waals surface area contributed by atoms with Crippen molar-refractivity contribution < 1.29 is 14.6 Å². The Kier molecular flexibility index (Phi) is 3.17. The highest BCUT2D eigenvalue weighted by atomic mass is 16.5. The summed E-state index contributed by atoms with van der Waals surface area (Å²) in [4.78, 5) is 12.4. The monoisotopic (exact) mass is 272 g/mol. The number of hydrogen-bond donors (Lipinski definition) is 1. The van der Waals surface area contributed by atoms with Crippen LogP contribution in [-0.4, -0.2) is 17.5 Å². The summed E-state index contributed by atoms with van der Waals surface area (Å²) in [6.07, 6.45) is 1.47. The van der Waals surface area contributed by atoms with Crippen molar-refractivity contribution in [3.63, 3.8) is 0 Å². The molecule has 106 valence electrons. The highest BCUT2D eigenvalue weighted by Gasteiger charge is 2.38. The van der Waals surface area contributed by atoms with Gasteiger partial charge in [0.15, 0.2) is 5.78 Å². The first-order chi connectivity index (χ1) is 9.48. The van der Waals surface area contributed by atoms with E-state index in [1.54, 1.807) is 0 Å². The number of allylic oxidation sites excluding steroid dienone is 1. The molecule has 1 atom stereocenters. The van der Waals surface area contributed by atoms with E-state index in [2.05, 4.69) is 6.07 Å². The number of ether oxygens (including phenoxy) is 1. The molecular weight excluding hydrogens is 252 g/mol. The molecule has 3 rings (SSSR count). The van der Waals surface area contributed by atoms with Gasteiger partial charge in [0.25, 0.3) is 0 Å². The second-order valence-electron chi connectivity index (χ2n) is 6.50. The van der Waals surface area contributed by atoms with Crippen molar-refractivity contribution >= 4 is 5.78 Å². The lowest BCUT2D eigenvalue weighted by Gasteiger charge is -2.34. The third-order valence-electron chi connectivity index (χ3n) is 4.15. The largest absolute Gasteiger partial charge is 0.512 e. The zero-order valence-corrected chi connectivity index (χ0v) is 12.0. The second-order valence-corrected chi connectivity index (χ2v) is 6.50. The molecule has 0 aromatic heterocycles. The summed E-state index contributed by atoms with van der Waals surface area (Å²) in [7, 11) is 0. The van der Waals surface area contributed by atoms with Crippen LogP contribution in [0.5, 0.6) is 0 Å². The fourth-order valence-corrected chi connectivity index (χ4v) is 3.23. The molecule has 3 heteroatoms. The minimum atomic E-state index is -0.399. The fraction of sp³-hybridized carbons (Fsp3) is 0.471. The van der Waals surface area contributed by atoms with Crippen molar-refractivity contribution in [3.8, 4) is 0 Å². The molecule has 0 spiro atoms. The summed E-state index contributed by atoms with van der Waals surface area (Å²) < 4.78 is 5.81. The van der Waals surface area contributed by atoms with Crippen molar-refractivity contribution in [2.24, 2.45) is 5.41 Å². The van der Waals surface area contributed by atoms with Gasteiger partial charge in [0, 0.05) is 12.8 Å². The molecule has 0 saturated heterocycles. The minimum absolute atomic E-state index is 0.0143. The van der Waals surface area contributed by atoms with Crippen LogP contribution in [0.3, 0.4) is 0 Å². The number of carbonyl (C=O) groups is 1. The van der Waals surface area contributed by atoms with E-state index in [-0.39, 0.29) is 17.0 Å². The highest BCUT2D eigenvalue weighted by Crippen LogP contribution is 2.42. The highest BCUT2D eigenvalue weighted by molar-refractivity contribution is 5.98. The topological polar surface area (TPSA) is 46.5 Å². The van der Waals surface area contributed by atoms with Crippen LogP contribution >= 0.6 is 0 Å². The molecule has 1 aromatic carbocycles. The number of benzene rings is 1. The van der Waals surface area contributed by atoms with Gasteiger partial charge in [-0.3, -0.25) is 4.79 Å². The van der Waals surface area contributed by atoms with Gasteiger partial charge in [-0.15, -0.1) is 0 Å². The number of carbonyl (C=O) groups excluding carboxylic acids is 1. The van der Waals surface area contributed by atoms with Crippen molar-refractivity contribution in [1.29, 1.82) is 0 Å². The Morgan fingerprint density at radius 3 is 2.75 bits per heavy atom. The van der Waals surface area contributed by atoms with Crippen LogP contribution in [0.2, 0.25) is 0 Å². The van der Waals surface area contributed by atoms with E-state index in [1.165, 1.54) is 5.56 Å². The lowest BCUT2D eigenvalue weighted by Crippen LogP contribution is -2.31. The average molecular weight is 272 g/mol. The molecule has 0 saturated carbocycles. The molecule has 20 heavy (non-hydrogen) atoms. The van der Waals surface area contributed by atoms with Crippen LogP contribution < -0.4 is 0 Å². The van der Waals surface area contributed by atoms with E-state index >= 15 is 0 Å². The molecule has 0 fully saturated rings. The van der Waals surface area contributed by atoms with Crippen LogP contribution in [-0.2, 0) is 16.0 Å². The fourth-order valence-electron chi connectivity index (χ4n) is 3.23. The molecular formula is C17H20O3. The lowest BCUT2D eigenvalue weighted by atomic mass is 9.74. The summed E-state index contributed by atoms with van der Waals surface area (Å²) in [5.74, 6) is 0.216. The van der Waals surface area contributed by atoms with Crippen LogP contribution in [0.4, 0.5) is 0 Å². The van der Waals surface area contributed by atoms with Crippen LogP contribution in [0, 0.1) is 5.41 Å². The van der Waals surface area contributed by atoms with Gasteiger partial charge in [0.2, 0.25) is 0 Å². The molecule has 1 heterocycles. The molecule has 1 aliphatic carbocycles. The first-order valence-corrected chi connectivity index (χ1v) is 7.12. The van der Waals surface area contributed by atoms with Gasteiger partial charge in [-0.1, -0.05) is 38.1 Å². The normalized spacial score (nSPS) is 25.5. The molecule has 1 aliphatic heterocycles. The average Bonchev–Trinajstić information content (AvgIpc) is 2.36. The van der Waals surface area contributed by atoms with Gasteiger partial charge in [0.1, 0.15) is 11.9 Å². The molecule has 1 unspecified atom stereocenters. The smallest absolute Gasteiger partial charge is 0.165 e. The number of aliphatic hydroxyl groups excluding tert-OH is 1. The standard InChI is InChI=1S/C17H20O3/c1-17(2)9-13(18)15(14(19)10-17)16-12-6-4-3-5-11(12)7-8-20-16/h3-6,16,18H,7-10H2,1-2H3. The second kappa shape index (κ2) is 4.74. The van der Waals surface area contributed by atoms with Gasteiger partial charge in [-0.05, 0) is 23.0 Å². The van der Waals surface area contributed by atoms with E-state index in [0.29, 0.717) is 25.0 Å². The van der Waals surface area contributed by atoms with Crippen molar-refractivity contribution in [2.75, 3.05) is 6.61 Å². The quantitative estimate of drug-likeness (QED) is 0.851. The minimum Gasteiger partial charge on any atom is -0.512 e.